The molecule has 0 aromatic carbocycles. The minimum absolute atomic E-state index is 0.121. The van der Waals surface area contributed by atoms with Crippen LogP contribution in [-0.2, 0) is 13.3 Å². The van der Waals surface area contributed by atoms with Crippen molar-refractivity contribution in [1.82, 2.24) is 25.9 Å². The highest BCUT2D eigenvalue weighted by Crippen LogP contribution is 2.17. The molecule has 0 aliphatic heterocycles. The van der Waals surface area contributed by atoms with Gasteiger partial charge >= 0.3 is 20.9 Å². The Morgan fingerprint density at radius 3 is 1.89 bits per heavy atom. The topological polar surface area (TPSA) is 156 Å². The van der Waals surface area contributed by atoms with Gasteiger partial charge in [0.25, 0.3) is 5.56 Å². The first-order valence-electron chi connectivity index (χ1n) is 12.4. The van der Waals surface area contributed by atoms with Gasteiger partial charge in [-0.3, -0.25) is 15.1 Å². The van der Waals surface area contributed by atoms with Gasteiger partial charge in [-0.1, -0.05) is 12.8 Å². The lowest BCUT2D eigenvalue weighted by atomic mass is 10.2. The van der Waals surface area contributed by atoms with Gasteiger partial charge in [-0.15, -0.1) is 0 Å². The summed E-state index contributed by atoms with van der Waals surface area (Å²) in [5.74, 6) is 0.121. The second-order valence-electron chi connectivity index (χ2n) is 7.80. The number of aryl methyl sites for hydroxylation is 1. The van der Waals surface area contributed by atoms with E-state index in [4.69, 9.17) is 13.3 Å². The van der Waals surface area contributed by atoms with Gasteiger partial charge in [-0.25, -0.2) is 14.6 Å². The lowest BCUT2D eigenvalue weighted by Gasteiger charge is -2.28. The lowest BCUT2D eigenvalue weighted by molar-refractivity contribution is 0.0708. The molecule has 5 N–H and O–H groups in total. The van der Waals surface area contributed by atoms with Crippen LogP contribution in [0, 0.1) is 6.92 Å². The number of urea groups is 2. The Morgan fingerprint density at radius 2 is 1.37 bits per heavy atom. The molecule has 35 heavy (non-hydrogen) atoms. The molecule has 0 fully saturated rings. The molecule has 1 rings (SSSR count). The SMILES string of the molecule is CCO[Si](CCCNC(=O)NCCCCCCNC(=O)Nc1nc(C)cc(=O)[nH]1)(OCC)OCC. The van der Waals surface area contributed by atoms with Crippen LogP contribution >= 0.6 is 0 Å². The number of nitrogens with zero attached hydrogens (tertiary/aromatic N) is 1. The minimum atomic E-state index is -2.67. The van der Waals surface area contributed by atoms with Crippen LogP contribution < -0.4 is 26.8 Å². The molecule has 0 unspecified atom stereocenters. The second-order valence-corrected chi connectivity index (χ2v) is 10.5. The molecule has 0 atom stereocenters. The van der Waals surface area contributed by atoms with E-state index in [9.17, 15) is 14.4 Å². The third kappa shape index (κ3) is 13.9. The Balaban J connectivity index is 2.07. The Hall–Kier alpha value is -2.48. The fourth-order valence-corrected chi connectivity index (χ4v) is 5.98. The van der Waals surface area contributed by atoms with Crippen molar-refractivity contribution in [2.45, 2.75) is 65.8 Å². The quantitative estimate of drug-likeness (QED) is 0.149. The van der Waals surface area contributed by atoms with Gasteiger partial charge in [0.15, 0.2) is 0 Å². The average molecular weight is 515 g/mol. The predicted octanol–water partition coefficient (Wildman–Crippen LogP) is 2.50. The van der Waals surface area contributed by atoms with E-state index in [0.29, 0.717) is 51.2 Å². The standard InChI is InChI=1S/C22H42N6O6Si/c1-5-32-35(33-6-2,34-7-3)16-12-15-24-21(30)23-13-10-8-9-11-14-25-22(31)28-20-26-18(4)17-19(29)27-20/h17H,5-16H2,1-4H3,(H2,23,24,30)(H3,25,26,27,28,29,31). The predicted molar refractivity (Wildman–Crippen MR) is 137 cm³/mol. The summed E-state index contributed by atoms with van der Waals surface area (Å²) < 4.78 is 17.4. The molecule has 13 heteroatoms. The zero-order chi connectivity index (χ0) is 25.9. The van der Waals surface area contributed by atoms with Crippen molar-refractivity contribution in [3.63, 3.8) is 0 Å². The fourth-order valence-electron chi connectivity index (χ4n) is 3.37. The zero-order valence-electron chi connectivity index (χ0n) is 21.5. The first kappa shape index (κ1) is 30.5. The monoisotopic (exact) mass is 514 g/mol. The molecule has 0 aliphatic rings. The third-order valence-corrected chi connectivity index (χ3v) is 7.97. The number of amides is 4. The summed E-state index contributed by atoms with van der Waals surface area (Å²) in [7, 11) is -2.67. The highest BCUT2D eigenvalue weighted by Gasteiger charge is 2.39. The number of carbonyl (C=O) groups is 2. The van der Waals surface area contributed by atoms with Crippen molar-refractivity contribution < 1.29 is 22.9 Å². The van der Waals surface area contributed by atoms with Gasteiger partial charge in [-0.2, -0.15) is 0 Å². The van der Waals surface area contributed by atoms with Crippen molar-refractivity contribution in [1.29, 1.82) is 0 Å². The van der Waals surface area contributed by atoms with Crippen molar-refractivity contribution in [3.05, 3.63) is 22.1 Å². The number of H-pyrrole nitrogens is 1. The van der Waals surface area contributed by atoms with E-state index in [2.05, 4.69) is 31.2 Å². The maximum atomic E-state index is 12.0. The Kier molecular flexibility index (Phi) is 15.6. The maximum Gasteiger partial charge on any atom is 0.500 e. The van der Waals surface area contributed by atoms with Crippen LogP contribution in [0.4, 0.5) is 15.5 Å². The van der Waals surface area contributed by atoms with Crippen molar-refractivity contribution in [2.75, 3.05) is 44.8 Å². The van der Waals surface area contributed by atoms with E-state index in [1.165, 1.54) is 6.07 Å². The van der Waals surface area contributed by atoms with E-state index < -0.39 is 14.8 Å². The van der Waals surface area contributed by atoms with Crippen LogP contribution in [0.25, 0.3) is 0 Å². The molecule has 0 aliphatic carbocycles. The zero-order valence-corrected chi connectivity index (χ0v) is 22.5. The van der Waals surface area contributed by atoms with Gasteiger partial charge in [-0.05, 0) is 47.0 Å². The molecule has 200 valence electrons. The van der Waals surface area contributed by atoms with E-state index in [1.54, 1.807) is 6.92 Å². The van der Waals surface area contributed by atoms with Gasteiger partial charge in [0.1, 0.15) is 0 Å². The van der Waals surface area contributed by atoms with Gasteiger partial charge in [0.2, 0.25) is 5.95 Å². The molecule has 12 nitrogen and oxygen atoms in total. The average Bonchev–Trinajstić information content (AvgIpc) is 2.78. The van der Waals surface area contributed by atoms with E-state index in [1.807, 2.05) is 20.8 Å². The largest absolute Gasteiger partial charge is 0.500 e. The number of anilines is 1. The third-order valence-electron chi connectivity index (χ3n) is 4.81. The lowest BCUT2D eigenvalue weighted by Crippen LogP contribution is -2.46. The number of nitrogens with one attached hydrogen (secondary N) is 5. The van der Waals surface area contributed by atoms with Crippen LogP contribution in [0.2, 0.25) is 6.04 Å². The van der Waals surface area contributed by atoms with Crippen LogP contribution in [0.1, 0.15) is 58.6 Å². The highest BCUT2D eigenvalue weighted by atomic mass is 28.4. The number of aromatic amines is 1. The van der Waals surface area contributed by atoms with Crippen molar-refractivity contribution in [3.8, 4) is 0 Å². The van der Waals surface area contributed by atoms with Crippen LogP contribution in [0.3, 0.4) is 0 Å². The summed E-state index contributed by atoms with van der Waals surface area (Å²) in [5.41, 5.74) is 0.211. The molecule has 1 aromatic heterocycles. The van der Waals surface area contributed by atoms with Gasteiger partial charge < -0.3 is 29.2 Å². The fraction of sp³-hybridized carbons (Fsp3) is 0.727. The molecule has 0 saturated carbocycles. The molecule has 4 amide bonds. The minimum Gasteiger partial charge on any atom is -0.374 e. The summed E-state index contributed by atoms with van der Waals surface area (Å²) in [5, 5.41) is 10.9. The summed E-state index contributed by atoms with van der Waals surface area (Å²) in [4.78, 5) is 41.7. The Labute approximate surface area is 208 Å². The number of unbranched alkanes of at least 4 members (excludes halogenated alkanes) is 3. The number of carbonyl (C=O) groups excluding carboxylic acids is 2. The summed E-state index contributed by atoms with van der Waals surface area (Å²) in [6.07, 6.45) is 4.23. The highest BCUT2D eigenvalue weighted by molar-refractivity contribution is 6.60. The Morgan fingerprint density at radius 1 is 0.857 bits per heavy atom. The van der Waals surface area contributed by atoms with Gasteiger partial charge in [0.05, 0.1) is 0 Å². The number of hydrogen-bond donors (Lipinski definition) is 5. The van der Waals surface area contributed by atoms with Crippen molar-refractivity contribution >= 4 is 26.8 Å². The number of aromatic nitrogens is 2. The molecule has 0 saturated heterocycles. The van der Waals surface area contributed by atoms with Crippen LogP contribution in [0.5, 0.6) is 0 Å². The first-order chi connectivity index (χ1) is 16.8. The molecule has 1 aromatic rings. The molecule has 0 radical (unpaired) electrons. The molecule has 0 bridgehead atoms. The number of rotatable bonds is 18. The molecular weight excluding hydrogens is 472 g/mol. The summed E-state index contributed by atoms with van der Waals surface area (Å²) in [6.45, 7) is 10.7. The second kappa shape index (κ2) is 17.9. The molecule has 1 heterocycles. The van der Waals surface area contributed by atoms with Gasteiger partial charge in [0, 0.05) is 57.3 Å². The molecule has 0 spiro atoms. The summed E-state index contributed by atoms with van der Waals surface area (Å²) >= 11 is 0. The van der Waals surface area contributed by atoms with Crippen LogP contribution in [-0.4, -0.2) is 70.3 Å². The van der Waals surface area contributed by atoms with E-state index >= 15 is 0 Å². The maximum absolute atomic E-state index is 12.0. The number of hydrogen-bond acceptors (Lipinski definition) is 7. The first-order valence-corrected chi connectivity index (χ1v) is 14.3. The van der Waals surface area contributed by atoms with Crippen molar-refractivity contribution in [2.24, 2.45) is 0 Å². The Bertz CT molecular complexity index is 792. The van der Waals surface area contributed by atoms with E-state index in [-0.39, 0.29) is 17.5 Å². The summed E-state index contributed by atoms with van der Waals surface area (Å²) in [6, 6.07) is 1.40. The molecular formula is C22H42N6O6Si. The van der Waals surface area contributed by atoms with Crippen LogP contribution in [0.15, 0.2) is 10.9 Å². The van der Waals surface area contributed by atoms with E-state index in [0.717, 1.165) is 32.1 Å². The smallest absolute Gasteiger partial charge is 0.374 e. The normalized spacial score (nSPS) is 11.2.